The highest BCUT2D eigenvalue weighted by atomic mass is 19.1. The standard InChI is InChI=1S/2C24H27FN6O4/c2*25-18-14-35-7-2-20(18)31-13-15-10-19(29-23(32)17(12-26)22-27-3-1-4-28-22)21(11-16(15)24(31)33)30-5-8-34-9-6-30/h2*1,3-4,10-12,18,20H,2,5-9,13-14,26H2,(H,29,32)/t2*18-,20-/m10/s1. The Labute approximate surface area is 402 Å². The smallest absolute Gasteiger partial charge is 0.261 e. The van der Waals surface area contributed by atoms with Crippen LogP contribution in [0.2, 0.25) is 0 Å². The topological polar surface area (TPSA) is 246 Å². The van der Waals surface area contributed by atoms with Gasteiger partial charge in [-0.3, -0.25) is 19.2 Å². The summed E-state index contributed by atoms with van der Waals surface area (Å²) in [6, 6.07) is 9.40. The van der Waals surface area contributed by atoms with Crippen LogP contribution in [0.4, 0.5) is 31.5 Å². The number of carbonyl (C=O) groups is 4. The number of anilines is 4. The summed E-state index contributed by atoms with van der Waals surface area (Å²) in [5.41, 5.74) is 16.7. The van der Waals surface area contributed by atoms with Crippen LogP contribution in [0.5, 0.6) is 0 Å². The van der Waals surface area contributed by atoms with E-state index in [4.69, 9.17) is 30.4 Å². The van der Waals surface area contributed by atoms with E-state index in [-0.39, 0.29) is 60.9 Å². The molecule has 0 bridgehead atoms. The Morgan fingerprint density at radius 1 is 0.586 bits per heavy atom. The van der Waals surface area contributed by atoms with Gasteiger partial charge in [-0.05, 0) is 60.4 Å². The Hall–Kier alpha value is -7.14. The van der Waals surface area contributed by atoms with E-state index in [2.05, 4.69) is 40.4 Å². The maximum atomic E-state index is 14.6. The van der Waals surface area contributed by atoms with Crippen molar-refractivity contribution >= 4 is 57.5 Å². The second-order valence-corrected chi connectivity index (χ2v) is 17.2. The third-order valence-corrected chi connectivity index (χ3v) is 13.0. The lowest BCUT2D eigenvalue weighted by Gasteiger charge is -2.33. The van der Waals surface area contributed by atoms with Crippen LogP contribution in [0.25, 0.3) is 11.1 Å². The molecule has 2 aromatic heterocycles. The van der Waals surface area contributed by atoms with Crippen LogP contribution in [0, 0.1) is 0 Å². The lowest BCUT2D eigenvalue weighted by atomic mass is 10.1. The van der Waals surface area contributed by atoms with Gasteiger partial charge in [-0.1, -0.05) is 0 Å². The van der Waals surface area contributed by atoms with Crippen LogP contribution in [-0.4, -0.2) is 157 Å². The van der Waals surface area contributed by atoms with Gasteiger partial charge in [0.1, 0.15) is 12.3 Å². The van der Waals surface area contributed by atoms with Crippen molar-refractivity contribution in [1.29, 1.82) is 0 Å². The van der Waals surface area contributed by atoms with Crippen LogP contribution in [0.15, 0.2) is 73.6 Å². The van der Waals surface area contributed by atoms with Crippen molar-refractivity contribution in [1.82, 2.24) is 29.7 Å². The maximum absolute atomic E-state index is 14.6. The van der Waals surface area contributed by atoms with Crippen molar-refractivity contribution < 1.29 is 46.9 Å². The third kappa shape index (κ3) is 10.1. The number of hydrogen-bond donors (Lipinski definition) is 4. The van der Waals surface area contributed by atoms with Crippen LogP contribution >= 0.6 is 0 Å². The molecule has 70 heavy (non-hydrogen) atoms. The van der Waals surface area contributed by atoms with Gasteiger partial charge in [0.05, 0.1) is 85.6 Å². The Morgan fingerprint density at radius 2 is 0.971 bits per heavy atom. The molecule has 4 saturated heterocycles. The van der Waals surface area contributed by atoms with Gasteiger partial charge < -0.3 is 60.6 Å². The molecule has 6 aliphatic heterocycles. The number of rotatable bonds is 10. The molecule has 6 aliphatic rings. The summed E-state index contributed by atoms with van der Waals surface area (Å²) < 4.78 is 50.5. The summed E-state index contributed by atoms with van der Waals surface area (Å²) in [6.45, 7) is 5.89. The number of ether oxygens (including phenoxy) is 4. The van der Waals surface area contributed by atoms with E-state index in [0.29, 0.717) is 113 Å². The molecule has 0 saturated carbocycles. The lowest BCUT2D eigenvalue weighted by molar-refractivity contribution is -0.111. The Balaban J connectivity index is 0.000000174. The zero-order valence-corrected chi connectivity index (χ0v) is 38.3. The van der Waals surface area contributed by atoms with Crippen LogP contribution in [0.3, 0.4) is 0 Å². The first-order chi connectivity index (χ1) is 34.1. The fourth-order valence-corrected chi connectivity index (χ4v) is 9.46. The van der Waals surface area contributed by atoms with Crippen molar-refractivity contribution in [2.24, 2.45) is 11.5 Å². The number of hydrogen-bond acceptors (Lipinski definition) is 16. The molecule has 22 heteroatoms. The van der Waals surface area contributed by atoms with Crippen molar-refractivity contribution in [3.63, 3.8) is 0 Å². The number of nitrogens with one attached hydrogen (secondary N) is 2. The Bertz CT molecular complexity index is 2460. The minimum absolute atomic E-state index is 0.0130. The van der Waals surface area contributed by atoms with Crippen molar-refractivity contribution in [2.75, 3.05) is 99.5 Å². The Morgan fingerprint density at radius 3 is 1.33 bits per heavy atom. The van der Waals surface area contributed by atoms with Gasteiger partial charge in [-0.15, -0.1) is 0 Å². The van der Waals surface area contributed by atoms with Gasteiger partial charge in [-0.25, -0.2) is 28.7 Å². The molecule has 0 radical (unpaired) electrons. The average Bonchev–Trinajstić information content (AvgIpc) is 3.89. The first-order valence-electron chi connectivity index (χ1n) is 23.2. The first kappa shape index (κ1) is 47.9. The second kappa shape index (κ2) is 21.7. The quantitative estimate of drug-likeness (QED) is 0.167. The monoisotopic (exact) mass is 964 g/mol. The molecular weight excluding hydrogens is 911 g/mol. The summed E-state index contributed by atoms with van der Waals surface area (Å²) in [6.07, 6.45) is 6.89. The number of benzene rings is 2. The van der Waals surface area contributed by atoms with Crippen molar-refractivity contribution in [3.05, 3.63) is 107 Å². The fraction of sp³-hybridized carbons (Fsp3) is 0.417. The number of carbonyl (C=O) groups excluding carboxylic acids is 4. The van der Waals surface area contributed by atoms with E-state index in [1.807, 2.05) is 0 Å². The highest BCUT2D eigenvalue weighted by Crippen LogP contribution is 2.39. The van der Waals surface area contributed by atoms with Crippen molar-refractivity contribution in [2.45, 2.75) is 50.4 Å². The van der Waals surface area contributed by atoms with Crippen molar-refractivity contribution in [3.8, 4) is 0 Å². The minimum atomic E-state index is -1.23. The van der Waals surface area contributed by atoms with Crippen LogP contribution < -0.4 is 31.9 Å². The highest BCUT2D eigenvalue weighted by molar-refractivity contribution is 6.25. The summed E-state index contributed by atoms with van der Waals surface area (Å²) in [7, 11) is 0. The summed E-state index contributed by atoms with van der Waals surface area (Å²) in [5, 5.41) is 5.86. The van der Waals surface area contributed by atoms with E-state index < -0.39 is 36.2 Å². The molecular formula is C48H54F2N12O8. The largest absolute Gasteiger partial charge is 0.404 e. The lowest BCUT2D eigenvalue weighted by Crippen LogP contribution is -2.47. The van der Waals surface area contributed by atoms with E-state index in [1.165, 1.54) is 37.2 Å². The molecule has 368 valence electrons. The number of amides is 4. The molecule has 6 N–H and O–H groups in total. The Kier molecular flexibility index (Phi) is 14.8. The molecule has 2 aromatic carbocycles. The zero-order valence-electron chi connectivity index (χ0n) is 38.3. The van der Waals surface area contributed by atoms with E-state index in [0.717, 1.165) is 11.1 Å². The maximum Gasteiger partial charge on any atom is 0.261 e. The SMILES string of the molecule is NC=C(C(=O)Nc1cc2c(cc1N1CCOCC1)C(=O)N([C@@H]1CCOC[C@H]1F)C2)c1ncccn1.NC=C(C(=O)Nc1cc2c(cc1N1CCOCC1)C(=O)N([C@H]1CCOC[C@@H]1F)C2)c1ncccn1. The summed E-state index contributed by atoms with van der Waals surface area (Å²) in [4.78, 5) is 76.7. The second-order valence-electron chi connectivity index (χ2n) is 17.2. The molecule has 4 aromatic rings. The van der Waals surface area contributed by atoms with Gasteiger partial charge in [0.15, 0.2) is 11.6 Å². The van der Waals surface area contributed by atoms with Gasteiger partial charge in [-0.2, -0.15) is 0 Å². The average molecular weight is 965 g/mol. The van der Waals surface area contributed by atoms with E-state index >= 15 is 0 Å². The number of alkyl halides is 2. The van der Waals surface area contributed by atoms with E-state index in [1.54, 1.807) is 46.2 Å². The summed E-state index contributed by atoms with van der Waals surface area (Å²) >= 11 is 0. The molecule has 0 aliphatic carbocycles. The fourth-order valence-electron chi connectivity index (χ4n) is 9.46. The molecule has 20 nitrogen and oxygen atoms in total. The zero-order chi connectivity index (χ0) is 48.7. The molecule has 8 heterocycles. The number of nitrogens with zero attached hydrogens (tertiary/aromatic N) is 8. The van der Waals surface area contributed by atoms with Gasteiger partial charge in [0.25, 0.3) is 23.6 Å². The number of morpholine rings is 2. The minimum Gasteiger partial charge on any atom is -0.404 e. The van der Waals surface area contributed by atoms with Crippen LogP contribution in [0.1, 0.15) is 56.3 Å². The molecule has 10 rings (SSSR count). The number of aromatic nitrogens is 4. The van der Waals surface area contributed by atoms with Gasteiger partial charge in [0.2, 0.25) is 0 Å². The predicted molar refractivity (Wildman–Crippen MR) is 253 cm³/mol. The predicted octanol–water partition coefficient (Wildman–Crippen LogP) is 2.67. The highest BCUT2D eigenvalue weighted by Gasteiger charge is 2.41. The number of halogens is 2. The third-order valence-electron chi connectivity index (χ3n) is 13.0. The normalized spacial score (nSPS) is 22.8. The van der Waals surface area contributed by atoms with Gasteiger partial charge in [0, 0.05) is 101 Å². The summed E-state index contributed by atoms with van der Waals surface area (Å²) in [5.74, 6) is -0.942. The van der Waals surface area contributed by atoms with E-state index in [9.17, 15) is 28.0 Å². The van der Waals surface area contributed by atoms with Crippen LogP contribution in [-0.2, 0) is 41.6 Å². The molecule has 4 amide bonds. The molecule has 0 spiro atoms. The number of fused-ring (bicyclic) bond motifs is 2. The van der Waals surface area contributed by atoms with Gasteiger partial charge >= 0.3 is 0 Å². The number of nitrogens with two attached hydrogens (primary N) is 2. The molecule has 4 fully saturated rings. The molecule has 4 atom stereocenters. The first-order valence-corrected chi connectivity index (χ1v) is 23.2. The molecule has 0 unspecified atom stereocenters.